The van der Waals surface area contributed by atoms with E-state index in [0.717, 1.165) is 18.2 Å². The van der Waals surface area contributed by atoms with Crippen LogP contribution in [0.3, 0.4) is 0 Å². The van der Waals surface area contributed by atoms with E-state index in [2.05, 4.69) is 0 Å². The number of nitro benzene ring substituents is 1. The molecule has 1 rings (SSSR count). The Balaban J connectivity index is 3.22. The number of nitro groups is 1. The van der Waals surface area contributed by atoms with Gasteiger partial charge in [0, 0.05) is 17.7 Å². The number of hydrogen-bond acceptors (Lipinski definition) is 3. The van der Waals surface area contributed by atoms with Gasteiger partial charge in [0.25, 0.3) is 0 Å². The number of halogens is 2. The van der Waals surface area contributed by atoms with Crippen molar-refractivity contribution in [2.75, 3.05) is 0 Å². The Kier molecular flexibility index (Phi) is 3.29. The minimum absolute atomic E-state index is 0.370. The van der Waals surface area contributed by atoms with E-state index in [1.165, 1.54) is 0 Å². The Morgan fingerprint density at radius 2 is 2.00 bits per heavy atom. The highest BCUT2D eigenvalue weighted by Gasteiger charge is 2.20. The maximum absolute atomic E-state index is 13.1. The molecule has 0 aliphatic rings. The second kappa shape index (κ2) is 4.47. The van der Waals surface area contributed by atoms with Crippen LogP contribution < -0.4 is 0 Å². The van der Waals surface area contributed by atoms with Crippen molar-refractivity contribution in [3.63, 3.8) is 0 Å². The van der Waals surface area contributed by atoms with Gasteiger partial charge in [0.2, 0.25) is 5.82 Å². The van der Waals surface area contributed by atoms with Gasteiger partial charge >= 0.3 is 11.7 Å². The number of hydrogen-bond donors (Lipinski definition) is 1. The molecule has 7 heteroatoms. The summed E-state index contributed by atoms with van der Waals surface area (Å²) in [5, 5.41) is 18.5. The van der Waals surface area contributed by atoms with E-state index in [1.54, 1.807) is 0 Å². The van der Waals surface area contributed by atoms with Crippen LogP contribution in [0, 0.1) is 21.7 Å². The second-order valence-electron chi connectivity index (χ2n) is 2.73. The SMILES string of the molecule is O=C(O)/C=C/c1ccc([N+](=O)[O-])c(F)c1F. The quantitative estimate of drug-likeness (QED) is 0.488. The first kappa shape index (κ1) is 11.8. The monoisotopic (exact) mass is 229 g/mol. The number of benzene rings is 1. The molecule has 0 unspecified atom stereocenters. The topological polar surface area (TPSA) is 80.4 Å². The molecule has 0 amide bonds. The van der Waals surface area contributed by atoms with E-state index in [1.807, 2.05) is 0 Å². The van der Waals surface area contributed by atoms with Gasteiger partial charge in [0.15, 0.2) is 5.82 Å². The molecule has 0 bridgehead atoms. The van der Waals surface area contributed by atoms with Crippen LogP contribution in [0.25, 0.3) is 6.08 Å². The molecule has 1 aromatic rings. The van der Waals surface area contributed by atoms with Gasteiger partial charge in [-0.3, -0.25) is 10.1 Å². The summed E-state index contributed by atoms with van der Waals surface area (Å²) in [6.07, 6.45) is 1.41. The lowest BCUT2D eigenvalue weighted by molar-refractivity contribution is -0.387. The average molecular weight is 229 g/mol. The molecule has 0 aliphatic heterocycles. The molecule has 0 atom stereocenters. The van der Waals surface area contributed by atoms with Crippen LogP contribution in [-0.4, -0.2) is 16.0 Å². The summed E-state index contributed by atoms with van der Waals surface area (Å²) >= 11 is 0. The van der Waals surface area contributed by atoms with Crippen LogP contribution in [0.5, 0.6) is 0 Å². The van der Waals surface area contributed by atoms with Crippen LogP contribution in [0.1, 0.15) is 5.56 Å². The standard InChI is InChI=1S/C9H5F2NO4/c10-8-5(2-4-7(13)14)1-3-6(9(8)11)12(15)16/h1-4H,(H,13,14)/b4-2+. The molecule has 5 nitrogen and oxygen atoms in total. The van der Waals surface area contributed by atoms with Crippen molar-refractivity contribution in [3.8, 4) is 0 Å². The van der Waals surface area contributed by atoms with E-state index in [9.17, 15) is 23.7 Å². The molecule has 0 saturated heterocycles. The third-order valence-electron chi connectivity index (χ3n) is 1.69. The molecule has 1 aromatic carbocycles. The second-order valence-corrected chi connectivity index (χ2v) is 2.73. The van der Waals surface area contributed by atoms with Crippen molar-refractivity contribution in [3.05, 3.63) is 45.5 Å². The van der Waals surface area contributed by atoms with Gasteiger partial charge in [-0.25, -0.2) is 9.18 Å². The first-order valence-electron chi connectivity index (χ1n) is 3.97. The Hall–Kier alpha value is -2.31. The molecule has 0 spiro atoms. The predicted octanol–water partition coefficient (Wildman–Crippen LogP) is 1.97. The summed E-state index contributed by atoms with van der Waals surface area (Å²) in [5.74, 6) is -4.40. The van der Waals surface area contributed by atoms with E-state index in [0.29, 0.717) is 6.08 Å². The van der Waals surface area contributed by atoms with Gasteiger partial charge in [0.05, 0.1) is 4.92 Å². The largest absolute Gasteiger partial charge is 0.478 e. The molecule has 0 heterocycles. The van der Waals surface area contributed by atoms with Crippen molar-refractivity contribution in [1.29, 1.82) is 0 Å². The molecule has 0 radical (unpaired) electrons. The van der Waals surface area contributed by atoms with Crippen molar-refractivity contribution < 1.29 is 23.6 Å². The first-order chi connectivity index (χ1) is 7.43. The Bertz CT molecular complexity index is 485. The van der Waals surface area contributed by atoms with Gasteiger partial charge in [-0.05, 0) is 12.1 Å². The number of carboxylic acids is 1. The molecule has 0 saturated carbocycles. The molecular formula is C9H5F2NO4. The zero-order valence-corrected chi connectivity index (χ0v) is 7.68. The lowest BCUT2D eigenvalue weighted by Gasteiger charge is -1.98. The molecular weight excluding hydrogens is 224 g/mol. The number of rotatable bonds is 3. The van der Waals surface area contributed by atoms with Gasteiger partial charge in [-0.1, -0.05) is 0 Å². The summed E-state index contributed by atoms with van der Waals surface area (Å²) in [5.41, 5.74) is -1.37. The van der Waals surface area contributed by atoms with Crippen LogP contribution >= 0.6 is 0 Å². The highest BCUT2D eigenvalue weighted by Crippen LogP contribution is 2.23. The zero-order chi connectivity index (χ0) is 12.3. The summed E-state index contributed by atoms with van der Waals surface area (Å²) in [4.78, 5) is 19.3. The lowest BCUT2D eigenvalue weighted by atomic mass is 10.1. The summed E-state index contributed by atoms with van der Waals surface area (Å²) in [6, 6.07) is 1.69. The predicted molar refractivity (Wildman–Crippen MR) is 49.7 cm³/mol. The molecule has 84 valence electrons. The average Bonchev–Trinajstić information content (AvgIpc) is 2.19. The van der Waals surface area contributed by atoms with E-state index in [-0.39, 0.29) is 5.56 Å². The fourth-order valence-corrected chi connectivity index (χ4v) is 0.985. The van der Waals surface area contributed by atoms with Gasteiger partial charge in [-0.15, -0.1) is 0 Å². The maximum Gasteiger partial charge on any atom is 0.328 e. The first-order valence-corrected chi connectivity index (χ1v) is 3.97. The Morgan fingerprint density at radius 3 is 2.50 bits per heavy atom. The highest BCUT2D eigenvalue weighted by atomic mass is 19.2. The number of nitrogens with zero attached hydrogens (tertiary/aromatic N) is 1. The Morgan fingerprint density at radius 1 is 1.38 bits per heavy atom. The minimum Gasteiger partial charge on any atom is -0.478 e. The van der Waals surface area contributed by atoms with Crippen molar-refractivity contribution >= 4 is 17.7 Å². The Labute approximate surface area is 87.8 Å². The van der Waals surface area contributed by atoms with Gasteiger partial charge < -0.3 is 5.11 Å². The number of carbonyl (C=O) groups is 1. The van der Waals surface area contributed by atoms with Gasteiger partial charge in [0.1, 0.15) is 0 Å². The highest BCUT2D eigenvalue weighted by molar-refractivity contribution is 5.85. The van der Waals surface area contributed by atoms with Crippen molar-refractivity contribution in [1.82, 2.24) is 0 Å². The molecule has 0 fully saturated rings. The summed E-state index contributed by atoms with van der Waals surface area (Å²) < 4.78 is 26.2. The fraction of sp³-hybridized carbons (Fsp3) is 0. The molecule has 1 N–H and O–H groups in total. The third-order valence-corrected chi connectivity index (χ3v) is 1.69. The maximum atomic E-state index is 13.1. The normalized spacial score (nSPS) is 10.6. The van der Waals surface area contributed by atoms with E-state index < -0.39 is 28.2 Å². The van der Waals surface area contributed by atoms with Crippen LogP contribution in [0.2, 0.25) is 0 Å². The van der Waals surface area contributed by atoms with Gasteiger partial charge in [-0.2, -0.15) is 4.39 Å². The van der Waals surface area contributed by atoms with E-state index >= 15 is 0 Å². The van der Waals surface area contributed by atoms with E-state index in [4.69, 9.17) is 5.11 Å². The fourth-order valence-electron chi connectivity index (χ4n) is 0.985. The molecule has 0 aliphatic carbocycles. The third kappa shape index (κ3) is 2.38. The van der Waals surface area contributed by atoms with Crippen LogP contribution in [0.15, 0.2) is 18.2 Å². The lowest BCUT2D eigenvalue weighted by Crippen LogP contribution is -1.97. The molecule has 0 aromatic heterocycles. The van der Waals surface area contributed by atoms with Crippen molar-refractivity contribution in [2.45, 2.75) is 0 Å². The summed E-state index contributed by atoms with van der Waals surface area (Å²) in [6.45, 7) is 0. The number of aliphatic carboxylic acids is 1. The minimum atomic E-state index is -1.61. The zero-order valence-electron chi connectivity index (χ0n) is 7.68. The number of carboxylic acid groups (broad SMARTS) is 1. The molecule has 16 heavy (non-hydrogen) atoms. The van der Waals surface area contributed by atoms with Crippen LogP contribution in [0.4, 0.5) is 14.5 Å². The van der Waals surface area contributed by atoms with Crippen LogP contribution in [-0.2, 0) is 4.79 Å². The smallest absolute Gasteiger partial charge is 0.328 e. The summed E-state index contributed by atoms with van der Waals surface area (Å²) in [7, 11) is 0. The van der Waals surface area contributed by atoms with Crippen molar-refractivity contribution in [2.24, 2.45) is 0 Å².